The molecule has 1 aromatic heterocycles. The molecular weight excluding hydrogens is 262 g/mol. The van der Waals surface area contributed by atoms with Crippen LogP contribution in [0.25, 0.3) is 0 Å². The van der Waals surface area contributed by atoms with E-state index in [4.69, 9.17) is 5.11 Å². The first-order valence-electron chi connectivity index (χ1n) is 6.38. The Kier molecular flexibility index (Phi) is 5.54. The van der Waals surface area contributed by atoms with Gasteiger partial charge in [-0.05, 0) is 30.7 Å². The van der Waals surface area contributed by atoms with Gasteiger partial charge in [-0.2, -0.15) is 0 Å². The second kappa shape index (κ2) is 6.70. The predicted octanol–water partition coefficient (Wildman–Crippen LogP) is 2.69. The van der Waals surface area contributed by atoms with E-state index in [0.717, 1.165) is 0 Å². The molecule has 0 saturated heterocycles. The first-order chi connectivity index (χ1) is 8.83. The highest BCUT2D eigenvalue weighted by atomic mass is 32.1. The maximum absolute atomic E-state index is 11.9. The van der Waals surface area contributed by atoms with Crippen LogP contribution < -0.4 is 5.32 Å². The molecule has 0 aliphatic carbocycles. The molecule has 1 atom stereocenters. The number of carbonyl (C=O) groups is 2. The molecule has 0 bridgehead atoms. The number of rotatable bonds is 7. The maximum atomic E-state index is 11.9. The maximum Gasteiger partial charge on any atom is 0.305 e. The van der Waals surface area contributed by atoms with Gasteiger partial charge in [-0.25, -0.2) is 0 Å². The summed E-state index contributed by atoms with van der Waals surface area (Å²) < 4.78 is 0. The average Bonchev–Trinajstić information content (AvgIpc) is 2.77. The van der Waals surface area contributed by atoms with Crippen molar-refractivity contribution in [3.8, 4) is 0 Å². The molecule has 1 rings (SSSR count). The van der Waals surface area contributed by atoms with Gasteiger partial charge in [0.25, 0.3) is 0 Å². The molecule has 0 fully saturated rings. The van der Waals surface area contributed by atoms with Gasteiger partial charge in [0.15, 0.2) is 0 Å². The van der Waals surface area contributed by atoms with E-state index in [1.54, 1.807) is 18.3 Å². The molecule has 1 heterocycles. The van der Waals surface area contributed by atoms with Gasteiger partial charge >= 0.3 is 5.97 Å². The van der Waals surface area contributed by atoms with Crippen LogP contribution in [0, 0.1) is 5.92 Å². The second-order valence-electron chi connectivity index (χ2n) is 5.27. The van der Waals surface area contributed by atoms with E-state index < -0.39 is 11.5 Å². The van der Waals surface area contributed by atoms with E-state index in [9.17, 15) is 9.59 Å². The van der Waals surface area contributed by atoms with Gasteiger partial charge in [0.1, 0.15) is 0 Å². The molecule has 0 aromatic carbocycles. The number of hydrogen-bond donors (Lipinski definition) is 2. The van der Waals surface area contributed by atoms with Crippen LogP contribution >= 0.6 is 11.3 Å². The summed E-state index contributed by atoms with van der Waals surface area (Å²) >= 11 is 1.63. The van der Waals surface area contributed by atoms with Crippen LogP contribution in [0.3, 0.4) is 0 Å². The summed E-state index contributed by atoms with van der Waals surface area (Å²) in [5, 5.41) is 13.8. The summed E-state index contributed by atoms with van der Waals surface area (Å²) in [6.45, 7) is 5.62. The minimum atomic E-state index is -0.894. The zero-order valence-electron chi connectivity index (χ0n) is 11.6. The predicted molar refractivity (Wildman–Crippen MR) is 76.3 cm³/mol. The molecule has 2 N–H and O–H groups in total. The Morgan fingerprint density at radius 1 is 1.47 bits per heavy atom. The second-order valence-corrected chi connectivity index (χ2v) is 6.30. The lowest BCUT2D eigenvalue weighted by Crippen LogP contribution is -2.51. The van der Waals surface area contributed by atoms with Crippen LogP contribution in [0.4, 0.5) is 0 Å². The number of carbonyl (C=O) groups excluding carboxylic acids is 1. The Hall–Kier alpha value is -1.36. The minimum Gasteiger partial charge on any atom is -0.481 e. The standard InChI is InChI=1S/C14H21NO3S/c1-10(2)14(3,9-13(17)18)15-12(16)7-6-11-5-4-8-19-11/h4-5,8,10H,6-7,9H2,1-3H3,(H,15,16)(H,17,18). The van der Waals surface area contributed by atoms with Gasteiger partial charge in [0.2, 0.25) is 5.91 Å². The van der Waals surface area contributed by atoms with E-state index in [1.807, 2.05) is 31.4 Å². The topological polar surface area (TPSA) is 66.4 Å². The lowest BCUT2D eigenvalue weighted by atomic mass is 9.85. The molecule has 5 heteroatoms. The molecule has 0 aliphatic heterocycles. The third kappa shape index (κ3) is 5.03. The molecule has 106 valence electrons. The normalized spacial score (nSPS) is 14.1. The van der Waals surface area contributed by atoms with Crippen molar-refractivity contribution in [2.45, 2.75) is 45.6 Å². The van der Waals surface area contributed by atoms with Crippen molar-refractivity contribution < 1.29 is 14.7 Å². The summed E-state index contributed by atoms with van der Waals surface area (Å²) in [6, 6.07) is 3.96. The van der Waals surface area contributed by atoms with E-state index in [2.05, 4.69) is 5.32 Å². The highest BCUT2D eigenvalue weighted by molar-refractivity contribution is 7.09. The van der Waals surface area contributed by atoms with Crippen molar-refractivity contribution >= 4 is 23.2 Å². The monoisotopic (exact) mass is 283 g/mol. The lowest BCUT2D eigenvalue weighted by molar-refractivity contribution is -0.139. The number of thiophene rings is 1. The first-order valence-corrected chi connectivity index (χ1v) is 7.26. The Bertz CT molecular complexity index is 428. The SMILES string of the molecule is CC(C)C(C)(CC(=O)O)NC(=O)CCc1cccs1. The zero-order valence-corrected chi connectivity index (χ0v) is 12.4. The van der Waals surface area contributed by atoms with Crippen LogP contribution in [-0.2, 0) is 16.0 Å². The van der Waals surface area contributed by atoms with Crippen molar-refractivity contribution in [3.05, 3.63) is 22.4 Å². The molecule has 0 aliphatic rings. The molecule has 0 radical (unpaired) electrons. The number of hydrogen-bond acceptors (Lipinski definition) is 3. The fourth-order valence-electron chi connectivity index (χ4n) is 1.78. The quantitative estimate of drug-likeness (QED) is 0.808. The Labute approximate surface area is 117 Å². The van der Waals surface area contributed by atoms with Crippen LogP contribution in [0.1, 0.15) is 38.5 Å². The highest BCUT2D eigenvalue weighted by Crippen LogP contribution is 2.21. The minimum absolute atomic E-state index is 0.0601. The van der Waals surface area contributed by atoms with Gasteiger partial charge in [0, 0.05) is 16.8 Å². The summed E-state index contributed by atoms with van der Waals surface area (Å²) in [7, 11) is 0. The van der Waals surface area contributed by atoms with E-state index in [1.165, 1.54) is 4.88 Å². The molecule has 1 aromatic rings. The molecule has 0 spiro atoms. The number of carboxylic acids is 1. The molecule has 4 nitrogen and oxygen atoms in total. The molecule has 1 unspecified atom stereocenters. The largest absolute Gasteiger partial charge is 0.481 e. The number of aliphatic carboxylic acids is 1. The summed E-state index contributed by atoms with van der Waals surface area (Å²) in [5.74, 6) is -0.921. The molecule has 19 heavy (non-hydrogen) atoms. The Morgan fingerprint density at radius 2 is 2.16 bits per heavy atom. The number of aryl methyl sites for hydroxylation is 1. The summed E-state index contributed by atoms with van der Waals surface area (Å²) in [5.41, 5.74) is -0.696. The van der Waals surface area contributed by atoms with Crippen molar-refractivity contribution in [1.29, 1.82) is 0 Å². The van der Waals surface area contributed by atoms with Gasteiger partial charge in [0.05, 0.1) is 6.42 Å². The van der Waals surface area contributed by atoms with Gasteiger partial charge in [-0.15, -0.1) is 11.3 Å². The van der Waals surface area contributed by atoms with E-state index in [0.29, 0.717) is 12.8 Å². The van der Waals surface area contributed by atoms with Crippen LogP contribution in [0.5, 0.6) is 0 Å². The average molecular weight is 283 g/mol. The van der Waals surface area contributed by atoms with Crippen molar-refractivity contribution in [2.24, 2.45) is 5.92 Å². The number of nitrogens with one attached hydrogen (secondary N) is 1. The fourth-order valence-corrected chi connectivity index (χ4v) is 2.49. The van der Waals surface area contributed by atoms with E-state index in [-0.39, 0.29) is 18.2 Å². The van der Waals surface area contributed by atoms with Gasteiger partial charge < -0.3 is 10.4 Å². The van der Waals surface area contributed by atoms with Crippen molar-refractivity contribution in [2.75, 3.05) is 0 Å². The first kappa shape index (κ1) is 15.7. The molecule has 0 saturated carbocycles. The van der Waals surface area contributed by atoms with E-state index >= 15 is 0 Å². The molecule has 1 amide bonds. The van der Waals surface area contributed by atoms with Crippen LogP contribution in [0.15, 0.2) is 17.5 Å². The van der Waals surface area contributed by atoms with Crippen LogP contribution in [-0.4, -0.2) is 22.5 Å². The smallest absolute Gasteiger partial charge is 0.305 e. The zero-order chi connectivity index (χ0) is 14.5. The fraction of sp³-hybridized carbons (Fsp3) is 0.571. The number of amides is 1. The summed E-state index contributed by atoms with van der Waals surface area (Å²) in [4.78, 5) is 24.0. The van der Waals surface area contributed by atoms with Crippen molar-refractivity contribution in [3.63, 3.8) is 0 Å². The van der Waals surface area contributed by atoms with Gasteiger partial charge in [-0.1, -0.05) is 19.9 Å². The Morgan fingerprint density at radius 3 is 2.63 bits per heavy atom. The molecular formula is C14H21NO3S. The third-order valence-corrected chi connectivity index (χ3v) is 4.33. The number of carboxylic acid groups (broad SMARTS) is 1. The van der Waals surface area contributed by atoms with Crippen molar-refractivity contribution in [1.82, 2.24) is 5.32 Å². The highest BCUT2D eigenvalue weighted by Gasteiger charge is 2.32. The third-order valence-electron chi connectivity index (χ3n) is 3.40. The summed E-state index contributed by atoms with van der Waals surface area (Å²) in [6.07, 6.45) is 1.03. The Balaban J connectivity index is 2.54. The lowest BCUT2D eigenvalue weighted by Gasteiger charge is -2.33. The van der Waals surface area contributed by atoms with Crippen LogP contribution in [0.2, 0.25) is 0 Å². The van der Waals surface area contributed by atoms with Gasteiger partial charge in [-0.3, -0.25) is 9.59 Å².